The number of nitrogens with one attached hydrogen (secondary N) is 1. The Morgan fingerprint density at radius 1 is 1.39 bits per heavy atom. The predicted octanol–water partition coefficient (Wildman–Crippen LogP) is 2.18. The third-order valence-corrected chi connectivity index (χ3v) is 3.49. The summed E-state index contributed by atoms with van der Waals surface area (Å²) >= 11 is 0. The first-order valence-corrected chi connectivity index (χ1v) is 6.40. The molecule has 3 rings (SSSR count). The van der Waals surface area contributed by atoms with Crippen LogP contribution in [0.4, 0.5) is 0 Å². The van der Waals surface area contributed by atoms with Crippen molar-refractivity contribution >= 4 is 0 Å². The molecule has 0 saturated carbocycles. The minimum atomic E-state index is 0.630. The van der Waals surface area contributed by atoms with Crippen molar-refractivity contribution in [2.24, 2.45) is 5.92 Å². The summed E-state index contributed by atoms with van der Waals surface area (Å²) < 4.78 is 10.6. The van der Waals surface area contributed by atoms with Crippen molar-refractivity contribution in [1.29, 1.82) is 0 Å². The Morgan fingerprint density at radius 3 is 2.94 bits per heavy atom. The molecule has 5 heteroatoms. The van der Waals surface area contributed by atoms with Gasteiger partial charge in [-0.05, 0) is 44.8 Å². The van der Waals surface area contributed by atoms with Crippen LogP contribution in [0.5, 0.6) is 0 Å². The molecule has 0 spiro atoms. The van der Waals surface area contributed by atoms with Gasteiger partial charge < -0.3 is 14.3 Å². The summed E-state index contributed by atoms with van der Waals surface area (Å²) in [5.41, 5.74) is 0.912. The van der Waals surface area contributed by atoms with Crippen molar-refractivity contribution in [3.63, 3.8) is 0 Å². The normalized spacial score (nSPS) is 17.2. The molecule has 0 radical (unpaired) electrons. The van der Waals surface area contributed by atoms with Gasteiger partial charge in [0, 0.05) is 6.42 Å². The molecule has 0 bridgehead atoms. The number of piperidine rings is 1. The first-order chi connectivity index (χ1) is 8.83. The van der Waals surface area contributed by atoms with Gasteiger partial charge in [-0.2, -0.15) is 4.98 Å². The molecule has 2 aromatic rings. The van der Waals surface area contributed by atoms with Crippen molar-refractivity contribution in [1.82, 2.24) is 15.5 Å². The molecule has 3 heterocycles. The highest BCUT2D eigenvalue weighted by molar-refractivity contribution is 5.56. The van der Waals surface area contributed by atoms with Crippen LogP contribution >= 0.6 is 0 Å². The Hall–Kier alpha value is -1.62. The number of furan rings is 1. The van der Waals surface area contributed by atoms with Crippen molar-refractivity contribution in [3.8, 4) is 11.4 Å². The summed E-state index contributed by atoms with van der Waals surface area (Å²) in [5, 5.41) is 7.38. The van der Waals surface area contributed by atoms with Gasteiger partial charge in [0.2, 0.25) is 11.7 Å². The van der Waals surface area contributed by atoms with Gasteiger partial charge in [0.15, 0.2) is 0 Å². The molecule has 96 valence electrons. The summed E-state index contributed by atoms with van der Waals surface area (Å²) in [6.07, 6.45) is 4.89. The maximum absolute atomic E-state index is 5.32. The first-order valence-electron chi connectivity index (χ1n) is 6.40. The van der Waals surface area contributed by atoms with Gasteiger partial charge in [-0.25, -0.2) is 0 Å². The van der Waals surface area contributed by atoms with E-state index in [1.165, 1.54) is 12.8 Å². The number of nitrogens with zero attached hydrogens (tertiary/aromatic N) is 2. The molecule has 0 unspecified atom stereocenters. The van der Waals surface area contributed by atoms with E-state index in [0.29, 0.717) is 11.7 Å². The SMILES string of the molecule is Cc1occc1-c1noc(CC2CCNCC2)n1. The van der Waals surface area contributed by atoms with Crippen molar-refractivity contribution < 1.29 is 8.94 Å². The van der Waals surface area contributed by atoms with Gasteiger partial charge in [0.25, 0.3) is 0 Å². The summed E-state index contributed by atoms with van der Waals surface area (Å²) in [4.78, 5) is 4.45. The Kier molecular flexibility index (Phi) is 3.15. The van der Waals surface area contributed by atoms with E-state index in [9.17, 15) is 0 Å². The van der Waals surface area contributed by atoms with Crippen molar-refractivity contribution in [2.75, 3.05) is 13.1 Å². The number of hydrogen-bond acceptors (Lipinski definition) is 5. The van der Waals surface area contributed by atoms with Crippen LogP contribution in [-0.4, -0.2) is 23.2 Å². The summed E-state index contributed by atoms with van der Waals surface area (Å²) in [6.45, 7) is 4.08. The molecular weight excluding hydrogens is 230 g/mol. The van der Waals surface area contributed by atoms with E-state index >= 15 is 0 Å². The van der Waals surface area contributed by atoms with Crippen molar-refractivity contribution in [3.05, 3.63) is 24.0 Å². The molecule has 18 heavy (non-hydrogen) atoms. The van der Waals surface area contributed by atoms with Crippen LogP contribution < -0.4 is 5.32 Å². The highest BCUT2D eigenvalue weighted by atomic mass is 16.5. The molecule has 0 atom stereocenters. The van der Waals surface area contributed by atoms with E-state index in [1.54, 1.807) is 6.26 Å². The van der Waals surface area contributed by atoms with Gasteiger partial charge in [-0.15, -0.1) is 0 Å². The molecule has 1 aliphatic rings. The lowest BCUT2D eigenvalue weighted by Crippen LogP contribution is -2.28. The topological polar surface area (TPSA) is 64.1 Å². The van der Waals surface area contributed by atoms with Crippen LogP contribution in [0.25, 0.3) is 11.4 Å². The Labute approximate surface area is 106 Å². The van der Waals surface area contributed by atoms with Gasteiger partial charge in [0.1, 0.15) is 5.76 Å². The van der Waals surface area contributed by atoms with E-state index in [-0.39, 0.29) is 0 Å². The number of rotatable bonds is 3. The molecule has 1 saturated heterocycles. The zero-order valence-electron chi connectivity index (χ0n) is 10.5. The lowest BCUT2D eigenvalue weighted by Gasteiger charge is -2.20. The molecule has 1 N–H and O–H groups in total. The second-order valence-electron chi connectivity index (χ2n) is 4.80. The van der Waals surface area contributed by atoms with E-state index < -0.39 is 0 Å². The zero-order valence-corrected chi connectivity index (χ0v) is 10.5. The van der Waals surface area contributed by atoms with Gasteiger partial charge >= 0.3 is 0 Å². The maximum atomic E-state index is 5.32. The average molecular weight is 247 g/mol. The van der Waals surface area contributed by atoms with Crippen LogP contribution in [0, 0.1) is 12.8 Å². The van der Waals surface area contributed by atoms with Crippen LogP contribution in [0.2, 0.25) is 0 Å². The second-order valence-corrected chi connectivity index (χ2v) is 4.80. The van der Waals surface area contributed by atoms with E-state index in [4.69, 9.17) is 8.94 Å². The van der Waals surface area contributed by atoms with Crippen LogP contribution in [-0.2, 0) is 6.42 Å². The molecule has 5 nitrogen and oxygen atoms in total. The number of hydrogen-bond donors (Lipinski definition) is 1. The van der Waals surface area contributed by atoms with E-state index in [0.717, 1.165) is 36.7 Å². The highest BCUT2D eigenvalue weighted by Crippen LogP contribution is 2.23. The smallest absolute Gasteiger partial charge is 0.227 e. The number of aromatic nitrogens is 2. The minimum Gasteiger partial charge on any atom is -0.469 e. The molecule has 2 aromatic heterocycles. The van der Waals surface area contributed by atoms with E-state index in [1.807, 2.05) is 13.0 Å². The highest BCUT2D eigenvalue weighted by Gasteiger charge is 2.18. The monoisotopic (exact) mass is 247 g/mol. The average Bonchev–Trinajstić information content (AvgIpc) is 2.99. The fraction of sp³-hybridized carbons (Fsp3) is 0.538. The van der Waals surface area contributed by atoms with Crippen molar-refractivity contribution in [2.45, 2.75) is 26.2 Å². The Bertz CT molecular complexity index is 512. The summed E-state index contributed by atoms with van der Waals surface area (Å²) in [6, 6.07) is 1.87. The van der Waals surface area contributed by atoms with Crippen LogP contribution in [0.1, 0.15) is 24.5 Å². The molecule has 1 fully saturated rings. The molecule has 0 aromatic carbocycles. The maximum Gasteiger partial charge on any atom is 0.227 e. The quantitative estimate of drug-likeness (QED) is 0.900. The molecule has 0 aliphatic carbocycles. The fourth-order valence-electron chi connectivity index (χ4n) is 2.40. The van der Waals surface area contributed by atoms with E-state index in [2.05, 4.69) is 15.5 Å². The van der Waals surface area contributed by atoms with Gasteiger partial charge in [0.05, 0.1) is 11.8 Å². The third kappa shape index (κ3) is 2.31. The summed E-state index contributed by atoms with van der Waals surface area (Å²) in [5.74, 6) is 2.84. The fourth-order valence-corrected chi connectivity index (χ4v) is 2.40. The Balaban J connectivity index is 1.71. The predicted molar refractivity (Wildman–Crippen MR) is 66.0 cm³/mol. The summed E-state index contributed by atoms with van der Waals surface area (Å²) in [7, 11) is 0. The Morgan fingerprint density at radius 2 is 2.22 bits per heavy atom. The largest absolute Gasteiger partial charge is 0.469 e. The van der Waals surface area contributed by atoms with Gasteiger partial charge in [-0.1, -0.05) is 5.16 Å². The zero-order chi connectivity index (χ0) is 12.4. The standard InChI is InChI=1S/C13H17N3O2/c1-9-11(4-7-17-9)13-15-12(18-16-13)8-10-2-5-14-6-3-10/h4,7,10,14H,2-3,5-6,8H2,1H3. The lowest BCUT2D eigenvalue weighted by atomic mass is 9.95. The molecule has 1 aliphatic heterocycles. The second kappa shape index (κ2) is 4.94. The molecular formula is C13H17N3O2. The lowest BCUT2D eigenvalue weighted by molar-refractivity contribution is 0.313. The number of aryl methyl sites for hydroxylation is 1. The van der Waals surface area contributed by atoms with Crippen LogP contribution in [0.3, 0.4) is 0 Å². The first kappa shape index (κ1) is 11.5. The minimum absolute atomic E-state index is 0.630. The van der Waals surface area contributed by atoms with Gasteiger partial charge in [-0.3, -0.25) is 0 Å². The molecule has 0 amide bonds. The third-order valence-electron chi connectivity index (χ3n) is 3.49. The van der Waals surface area contributed by atoms with Crippen LogP contribution in [0.15, 0.2) is 21.3 Å².